The number of aryl methyl sites for hydroxylation is 1. The van der Waals surface area contributed by atoms with Gasteiger partial charge in [0.1, 0.15) is 5.75 Å². The lowest BCUT2D eigenvalue weighted by atomic mass is 10.0. The Hall–Kier alpha value is -2.46. The Bertz CT molecular complexity index is 959. The molecule has 26 heavy (non-hydrogen) atoms. The summed E-state index contributed by atoms with van der Waals surface area (Å²) in [6, 6.07) is 12.2. The molecule has 0 saturated heterocycles. The van der Waals surface area contributed by atoms with Gasteiger partial charge in [-0.05, 0) is 62.7 Å². The van der Waals surface area contributed by atoms with Crippen molar-refractivity contribution < 1.29 is 9.53 Å². The van der Waals surface area contributed by atoms with E-state index in [-0.39, 0.29) is 5.78 Å². The van der Waals surface area contributed by atoms with Crippen LogP contribution in [0.1, 0.15) is 35.3 Å². The molecular weight excluding hydrogens is 342 g/mol. The number of hydrogen-bond acceptors (Lipinski definition) is 4. The molecule has 2 heterocycles. The summed E-state index contributed by atoms with van der Waals surface area (Å²) >= 11 is 1.54. The monoisotopic (exact) mass is 363 g/mol. The van der Waals surface area contributed by atoms with E-state index >= 15 is 0 Å². The van der Waals surface area contributed by atoms with Crippen molar-refractivity contribution in [3.05, 3.63) is 69.8 Å². The number of rotatable bonds is 3. The van der Waals surface area contributed by atoms with Gasteiger partial charge in [0.25, 0.3) is 0 Å². The largest absolute Gasteiger partial charge is 0.494 e. The number of thioether (sulfide) groups is 1. The Kier molecular flexibility index (Phi) is 4.37. The number of carbonyl (C=O) groups is 1. The average Bonchev–Trinajstić information content (AvgIpc) is 2.96. The molecule has 0 atom stereocenters. The van der Waals surface area contributed by atoms with Gasteiger partial charge in [-0.2, -0.15) is 0 Å². The molecule has 3 nitrogen and oxygen atoms in total. The molecule has 0 aliphatic carbocycles. The number of ketones is 1. The summed E-state index contributed by atoms with van der Waals surface area (Å²) in [5, 5.41) is 0. The minimum absolute atomic E-state index is 0.0988. The number of Topliss-reactive ketones (excluding diaryl/α,β-unsaturated/α-hetero) is 1. The molecule has 0 aromatic heterocycles. The summed E-state index contributed by atoms with van der Waals surface area (Å²) in [6.07, 6.45) is 4.18. The van der Waals surface area contributed by atoms with E-state index in [2.05, 4.69) is 49.1 Å². The highest BCUT2D eigenvalue weighted by atomic mass is 32.2. The van der Waals surface area contributed by atoms with Gasteiger partial charge in [-0.1, -0.05) is 29.5 Å². The third-order valence-corrected chi connectivity index (χ3v) is 5.82. The first kappa shape index (κ1) is 17.0. The number of ether oxygens (including phenoxy) is 1. The molecule has 0 bridgehead atoms. The quantitative estimate of drug-likeness (QED) is 0.679. The number of hydrogen-bond donors (Lipinski definition) is 0. The predicted molar refractivity (Wildman–Crippen MR) is 108 cm³/mol. The molecule has 4 heteroatoms. The zero-order chi connectivity index (χ0) is 18.3. The Morgan fingerprint density at radius 2 is 1.92 bits per heavy atom. The van der Waals surface area contributed by atoms with E-state index in [0.29, 0.717) is 6.61 Å². The minimum Gasteiger partial charge on any atom is -0.494 e. The van der Waals surface area contributed by atoms with Crippen LogP contribution in [-0.4, -0.2) is 18.9 Å². The van der Waals surface area contributed by atoms with Gasteiger partial charge in [-0.25, -0.2) is 0 Å². The highest BCUT2D eigenvalue weighted by Crippen LogP contribution is 2.45. The molecule has 0 radical (unpaired) electrons. The van der Waals surface area contributed by atoms with Crippen molar-refractivity contribution in [1.29, 1.82) is 0 Å². The molecule has 132 valence electrons. The summed E-state index contributed by atoms with van der Waals surface area (Å²) in [5.74, 6) is 0.909. The van der Waals surface area contributed by atoms with E-state index in [0.717, 1.165) is 39.0 Å². The maximum atomic E-state index is 13.0. The topological polar surface area (TPSA) is 29.5 Å². The normalized spacial score (nSPS) is 18.1. The lowest BCUT2D eigenvalue weighted by molar-refractivity contribution is 0.104. The van der Waals surface area contributed by atoms with Gasteiger partial charge in [-0.3, -0.25) is 4.79 Å². The molecule has 4 rings (SSSR count). The fraction of sp³-hybridized carbons (Fsp3) is 0.227. The molecule has 0 spiro atoms. The highest BCUT2D eigenvalue weighted by molar-refractivity contribution is 8.04. The van der Waals surface area contributed by atoms with Crippen LogP contribution in [0, 0.1) is 6.92 Å². The first-order valence-electron chi connectivity index (χ1n) is 8.92. The molecule has 2 aliphatic heterocycles. The van der Waals surface area contributed by atoms with Gasteiger partial charge in [0.15, 0.2) is 0 Å². The zero-order valence-corrected chi connectivity index (χ0v) is 16.0. The zero-order valence-electron chi connectivity index (χ0n) is 15.2. The van der Waals surface area contributed by atoms with E-state index in [9.17, 15) is 4.79 Å². The van der Waals surface area contributed by atoms with Crippen LogP contribution in [0.5, 0.6) is 5.75 Å². The van der Waals surface area contributed by atoms with Crippen LogP contribution in [-0.2, 0) is 0 Å². The predicted octanol–water partition coefficient (Wildman–Crippen LogP) is 5.45. The molecule has 0 unspecified atom stereocenters. The number of fused-ring (bicyclic) bond motifs is 2. The van der Waals surface area contributed by atoms with Crippen molar-refractivity contribution in [3.63, 3.8) is 0 Å². The smallest absolute Gasteiger partial charge is 0.202 e. The molecule has 0 amide bonds. The van der Waals surface area contributed by atoms with E-state index in [1.807, 2.05) is 25.1 Å². The molecule has 0 N–H and O–H groups in total. The maximum absolute atomic E-state index is 13.0. The van der Waals surface area contributed by atoms with Crippen LogP contribution in [0.4, 0.5) is 5.69 Å². The van der Waals surface area contributed by atoms with Crippen LogP contribution in [0.3, 0.4) is 0 Å². The third kappa shape index (κ3) is 2.74. The second-order valence-electron chi connectivity index (χ2n) is 6.38. The number of likely N-dealkylation sites (N-methyl/N-ethyl adjacent to an activating group) is 1. The van der Waals surface area contributed by atoms with Crippen molar-refractivity contribution >= 4 is 29.3 Å². The summed E-state index contributed by atoms with van der Waals surface area (Å²) in [4.78, 5) is 17.0. The standard InChI is InChI=1S/C22H21NO2S/c1-4-23-18-10-6-14(3)12-15(18)7-11-19(23)22-21(24)17-9-8-16(25-5-2)13-20(17)26-22/h6-13H,4-5H2,1-3H3. The van der Waals surface area contributed by atoms with Crippen molar-refractivity contribution in [1.82, 2.24) is 0 Å². The fourth-order valence-electron chi connectivity index (χ4n) is 3.46. The number of nitrogens with zero attached hydrogens (tertiary/aromatic N) is 1. The average molecular weight is 363 g/mol. The van der Waals surface area contributed by atoms with Crippen molar-refractivity contribution in [3.8, 4) is 5.75 Å². The minimum atomic E-state index is 0.0988. The molecular formula is C22H21NO2S. The van der Waals surface area contributed by atoms with Gasteiger partial charge < -0.3 is 9.64 Å². The van der Waals surface area contributed by atoms with E-state index < -0.39 is 0 Å². The van der Waals surface area contributed by atoms with E-state index in [1.165, 1.54) is 11.1 Å². The molecule has 2 aliphatic rings. The summed E-state index contributed by atoms with van der Waals surface area (Å²) in [5.41, 5.74) is 5.33. The van der Waals surface area contributed by atoms with Gasteiger partial charge in [0.2, 0.25) is 5.78 Å². The summed E-state index contributed by atoms with van der Waals surface area (Å²) in [6.45, 7) is 7.61. The Morgan fingerprint density at radius 3 is 2.69 bits per heavy atom. The second kappa shape index (κ2) is 6.69. The number of allylic oxidation sites excluding steroid dienone is 2. The van der Waals surface area contributed by atoms with Crippen LogP contribution in [0.25, 0.3) is 6.08 Å². The second-order valence-corrected chi connectivity index (χ2v) is 7.43. The fourth-order valence-corrected chi connectivity index (χ4v) is 4.61. The van der Waals surface area contributed by atoms with Crippen LogP contribution >= 0.6 is 11.8 Å². The summed E-state index contributed by atoms with van der Waals surface area (Å²) in [7, 11) is 0. The first-order chi connectivity index (χ1) is 12.6. The third-order valence-electron chi connectivity index (χ3n) is 4.66. The van der Waals surface area contributed by atoms with Crippen molar-refractivity contribution in [2.75, 3.05) is 18.1 Å². The van der Waals surface area contributed by atoms with Crippen LogP contribution in [0.15, 0.2) is 58.0 Å². The van der Waals surface area contributed by atoms with Crippen molar-refractivity contribution in [2.24, 2.45) is 0 Å². The van der Waals surface area contributed by atoms with Gasteiger partial charge in [0, 0.05) is 22.7 Å². The molecule has 0 fully saturated rings. The molecule has 2 aromatic carbocycles. The Balaban J connectivity index is 1.78. The maximum Gasteiger partial charge on any atom is 0.202 e. The van der Waals surface area contributed by atoms with Gasteiger partial charge >= 0.3 is 0 Å². The van der Waals surface area contributed by atoms with E-state index in [1.54, 1.807) is 11.8 Å². The number of anilines is 1. The van der Waals surface area contributed by atoms with Crippen LogP contribution < -0.4 is 9.64 Å². The lowest BCUT2D eigenvalue weighted by Crippen LogP contribution is -2.25. The highest BCUT2D eigenvalue weighted by Gasteiger charge is 2.31. The van der Waals surface area contributed by atoms with Gasteiger partial charge in [0.05, 0.1) is 17.2 Å². The first-order valence-corrected chi connectivity index (χ1v) is 9.74. The number of carbonyl (C=O) groups excluding carboxylic acids is 1. The van der Waals surface area contributed by atoms with Crippen molar-refractivity contribution in [2.45, 2.75) is 25.7 Å². The summed E-state index contributed by atoms with van der Waals surface area (Å²) < 4.78 is 5.58. The van der Waals surface area contributed by atoms with Crippen LogP contribution in [0.2, 0.25) is 0 Å². The lowest BCUT2D eigenvalue weighted by Gasteiger charge is -2.30. The van der Waals surface area contributed by atoms with E-state index in [4.69, 9.17) is 4.74 Å². The Labute approximate surface area is 158 Å². The van der Waals surface area contributed by atoms with Gasteiger partial charge in [-0.15, -0.1) is 0 Å². The Morgan fingerprint density at radius 1 is 1.08 bits per heavy atom. The number of benzene rings is 2. The molecule has 0 saturated carbocycles. The SMILES string of the molecule is CCOc1ccc2c(c1)SC(=C1C=Cc3cc(C)ccc3N1CC)C2=O. The molecule has 2 aromatic rings.